The van der Waals surface area contributed by atoms with Crippen molar-refractivity contribution in [3.63, 3.8) is 0 Å². The number of nitrogens with one attached hydrogen (secondary N) is 2. The summed E-state index contributed by atoms with van der Waals surface area (Å²) in [6, 6.07) is 9.38. The fourth-order valence-corrected chi connectivity index (χ4v) is 2.43. The van der Waals surface area contributed by atoms with Crippen molar-refractivity contribution < 1.29 is 14.3 Å². The van der Waals surface area contributed by atoms with Gasteiger partial charge in [-0.1, -0.05) is 19.9 Å². The van der Waals surface area contributed by atoms with Crippen LogP contribution in [0.1, 0.15) is 29.9 Å². The molecule has 0 aliphatic carbocycles. The predicted octanol–water partition coefficient (Wildman–Crippen LogP) is 3.14. The fourth-order valence-electron chi connectivity index (χ4n) is 2.43. The van der Waals surface area contributed by atoms with E-state index in [4.69, 9.17) is 9.47 Å². The molecule has 0 bridgehead atoms. The average Bonchev–Trinajstić information content (AvgIpc) is 2.66. The molecule has 1 heterocycles. The summed E-state index contributed by atoms with van der Waals surface area (Å²) in [5.41, 5.74) is 2.37. The maximum atomic E-state index is 12.3. The van der Waals surface area contributed by atoms with Crippen LogP contribution >= 0.6 is 0 Å². The van der Waals surface area contributed by atoms with Crippen LogP contribution in [0.4, 0.5) is 5.69 Å². The minimum absolute atomic E-state index is 0.182. The third-order valence-corrected chi connectivity index (χ3v) is 3.85. The summed E-state index contributed by atoms with van der Waals surface area (Å²) in [5.74, 6) is 1.72. The highest BCUT2D eigenvalue weighted by Gasteiger charge is 2.09. The Balaban J connectivity index is 1.90. The molecule has 0 saturated heterocycles. The minimum atomic E-state index is -0.182. The van der Waals surface area contributed by atoms with Gasteiger partial charge in [-0.05, 0) is 42.2 Å². The maximum Gasteiger partial charge on any atom is 0.269 e. The second-order valence-corrected chi connectivity index (χ2v) is 6.40. The van der Waals surface area contributed by atoms with Crippen LogP contribution in [0.25, 0.3) is 0 Å². The number of hydrogen-bond acceptors (Lipinski definition) is 5. The van der Waals surface area contributed by atoms with E-state index in [-0.39, 0.29) is 5.91 Å². The third-order valence-electron chi connectivity index (χ3n) is 3.85. The average molecular weight is 357 g/mol. The molecule has 6 heteroatoms. The van der Waals surface area contributed by atoms with Gasteiger partial charge in [0.15, 0.2) is 11.5 Å². The standard InChI is InChI=1S/C20H27N3O3/c1-14(2)13-23-16-8-10-21-17(12-16)20(24)22-9-7-15-5-6-18(25-3)19(11-15)26-4/h5-6,8,10-12,14H,7,9,13H2,1-4H3,(H,21,23)(H,22,24). The summed E-state index contributed by atoms with van der Waals surface area (Å²) < 4.78 is 10.5. The molecule has 0 radical (unpaired) electrons. The van der Waals surface area contributed by atoms with E-state index in [1.807, 2.05) is 24.3 Å². The summed E-state index contributed by atoms with van der Waals surface area (Å²) in [5, 5.41) is 6.20. The summed E-state index contributed by atoms with van der Waals surface area (Å²) in [6.45, 7) is 5.63. The summed E-state index contributed by atoms with van der Waals surface area (Å²) in [4.78, 5) is 16.5. The topological polar surface area (TPSA) is 72.5 Å². The molecule has 140 valence electrons. The van der Waals surface area contributed by atoms with Crippen LogP contribution in [0.5, 0.6) is 11.5 Å². The Morgan fingerprint density at radius 1 is 1.12 bits per heavy atom. The van der Waals surface area contributed by atoms with Crippen molar-refractivity contribution in [2.24, 2.45) is 5.92 Å². The van der Waals surface area contributed by atoms with Crippen molar-refractivity contribution in [1.82, 2.24) is 10.3 Å². The summed E-state index contributed by atoms with van der Waals surface area (Å²) in [7, 11) is 3.21. The highest BCUT2D eigenvalue weighted by atomic mass is 16.5. The largest absolute Gasteiger partial charge is 0.493 e. The van der Waals surface area contributed by atoms with Gasteiger partial charge in [-0.3, -0.25) is 9.78 Å². The lowest BCUT2D eigenvalue weighted by molar-refractivity contribution is 0.0949. The smallest absolute Gasteiger partial charge is 0.269 e. The van der Waals surface area contributed by atoms with Gasteiger partial charge in [-0.25, -0.2) is 0 Å². The van der Waals surface area contributed by atoms with Gasteiger partial charge in [0.2, 0.25) is 0 Å². The van der Waals surface area contributed by atoms with E-state index in [2.05, 4.69) is 29.5 Å². The van der Waals surface area contributed by atoms with E-state index in [9.17, 15) is 4.79 Å². The summed E-state index contributed by atoms with van der Waals surface area (Å²) in [6.07, 6.45) is 2.34. The lowest BCUT2D eigenvalue weighted by Crippen LogP contribution is -2.26. The third kappa shape index (κ3) is 5.65. The van der Waals surface area contributed by atoms with Crippen molar-refractivity contribution in [1.29, 1.82) is 0 Å². The van der Waals surface area contributed by atoms with Gasteiger partial charge >= 0.3 is 0 Å². The highest BCUT2D eigenvalue weighted by molar-refractivity contribution is 5.93. The number of anilines is 1. The monoisotopic (exact) mass is 357 g/mol. The van der Waals surface area contributed by atoms with Crippen molar-refractivity contribution in [2.75, 3.05) is 32.6 Å². The Morgan fingerprint density at radius 2 is 1.88 bits per heavy atom. The van der Waals surface area contributed by atoms with E-state index in [0.717, 1.165) is 17.8 Å². The van der Waals surface area contributed by atoms with Gasteiger partial charge in [-0.2, -0.15) is 0 Å². The van der Waals surface area contributed by atoms with Crippen LogP contribution in [0.15, 0.2) is 36.5 Å². The van der Waals surface area contributed by atoms with Gasteiger partial charge in [0.25, 0.3) is 5.91 Å². The van der Waals surface area contributed by atoms with Gasteiger partial charge in [0, 0.05) is 25.0 Å². The number of rotatable bonds is 9. The number of nitrogens with zero attached hydrogens (tertiary/aromatic N) is 1. The maximum absolute atomic E-state index is 12.3. The lowest BCUT2D eigenvalue weighted by atomic mass is 10.1. The molecule has 0 unspecified atom stereocenters. The number of carbonyl (C=O) groups is 1. The van der Waals surface area contributed by atoms with E-state index in [0.29, 0.717) is 36.1 Å². The molecule has 1 aromatic carbocycles. The second-order valence-electron chi connectivity index (χ2n) is 6.40. The first-order valence-corrected chi connectivity index (χ1v) is 8.72. The Kier molecular flexibility index (Phi) is 7.26. The van der Waals surface area contributed by atoms with Crippen LogP contribution in [-0.4, -0.2) is 38.2 Å². The minimum Gasteiger partial charge on any atom is -0.493 e. The highest BCUT2D eigenvalue weighted by Crippen LogP contribution is 2.27. The first-order valence-electron chi connectivity index (χ1n) is 8.72. The molecule has 0 spiro atoms. The number of methoxy groups -OCH3 is 2. The second kappa shape index (κ2) is 9.65. The Hall–Kier alpha value is -2.76. The number of aromatic nitrogens is 1. The van der Waals surface area contributed by atoms with E-state index >= 15 is 0 Å². The van der Waals surface area contributed by atoms with Gasteiger partial charge in [0.05, 0.1) is 14.2 Å². The number of hydrogen-bond donors (Lipinski definition) is 2. The Labute approximate surface area is 154 Å². The molecule has 26 heavy (non-hydrogen) atoms. The molecule has 2 N–H and O–H groups in total. The molecule has 0 fully saturated rings. The molecule has 6 nitrogen and oxygen atoms in total. The Bertz CT molecular complexity index is 732. The van der Waals surface area contributed by atoms with Crippen molar-refractivity contribution in [2.45, 2.75) is 20.3 Å². The molecule has 2 aromatic rings. The first kappa shape index (κ1) is 19.6. The van der Waals surface area contributed by atoms with Crippen LogP contribution < -0.4 is 20.1 Å². The zero-order chi connectivity index (χ0) is 18.9. The van der Waals surface area contributed by atoms with Crippen molar-refractivity contribution in [3.8, 4) is 11.5 Å². The quantitative estimate of drug-likeness (QED) is 0.721. The molecule has 1 aromatic heterocycles. The van der Waals surface area contributed by atoms with Crippen LogP contribution in [0.2, 0.25) is 0 Å². The SMILES string of the molecule is COc1ccc(CCNC(=O)c2cc(NCC(C)C)ccn2)cc1OC. The fraction of sp³-hybridized carbons (Fsp3) is 0.400. The zero-order valence-corrected chi connectivity index (χ0v) is 15.8. The molecule has 0 atom stereocenters. The lowest BCUT2D eigenvalue weighted by Gasteiger charge is -2.11. The number of benzene rings is 1. The van der Waals surface area contributed by atoms with Crippen molar-refractivity contribution >= 4 is 11.6 Å². The van der Waals surface area contributed by atoms with E-state index in [1.165, 1.54) is 0 Å². The molecule has 0 aliphatic rings. The first-order chi connectivity index (χ1) is 12.5. The number of amides is 1. The molecule has 0 saturated carbocycles. The zero-order valence-electron chi connectivity index (χ0n) is 15.8. The molecular formula is C20H27N3O3. The van der Waals surface area contributed by atoms with Crippen molar-refractivity contribution in [3.05, 3.63) is 47.8 Å². The van der Waals surface area contributed by atoms with Gasteiger partial charge in [0.1, 0.15) is 5.69 Å². The molecule has 0 aliphatic heterocycles. The normalized spacial score (nSPS) is 10.5. The molecule has 1 amide bonds. The number of carbonyl (C=O) groups excluding carboxylic acids is 1. The molecule has 2 rings (SSSR count). The summed E-state index contributed by atoms with van der Waals surface area (Å²) >= 11 is 0. The van der Waals surface area contributed by atoms with Crippen LogP contribution in [-0.2, 0) is 6.42 Å². The molecular weight excluding hydrogens is 330 g/mol. The van der Waals surface area contributed by atoms with Gasteiger partial charge < -0.3 is 20.1 Å². The number of pyridine rings is 1. The van der Waals surface area contributed by atoms with Gasteiger partial charge in [-0.15, -0.1) is 0 Å². The van der Waals surface area contributed by atoms with E-state index in [1.54, 1.807) is 26.5 Å². The number of ether oxygens (including phenoxy) is 2. The van der Waals surface area contributed by atoms with E-state index < -0.39 is 0 Å². The van der Waals surface area contributed by atoms with Crippen LogP contribution in [0.3, 0.4) is 0 Å². The Morgan fingerprint density at radius 3 is 2.58 bits per heavy atom. The van der Waals surface area contributed by atoms with Crippen LogP contribution in [0, 0.1) is 5.92 Å². The predicted molar refractivity (Wildman–Crippen MR) is 103 cm³/mol.